The minimum absolute atomic E-state index is 0.0601. The Labute approximate surface area is 265 Å². The monoisotopic (exact) mass is 626 g/mol. The van der Waals surface area contributed by atoms with Crippen molar-refractivity contribution in [2.75, 3.05) is 32.7 Å². The van der Waals surface area contributed by atoms with Crippen LogP contribution in [0.5, 0.6) is 5.75 Å². The number of fused-ring (bicyclic) bond motifs is 1. The fraction of sp³-hybridized carbons (Fsp3) is 0.314. The molecule has 0 unspecified atom stereocenters. The van der Waals surface area contributed by atoms with Crippen LogP contribution in [-0.4, -0.2) is 75.7 Å². The molecule has 11 heteroatoms. The Morgan fingerprint density at radius 2 is 1.54 bits per heavy atom. The van der Waals surface area contributed by atoms with E-state index in [4.69, 9.17) is 0 Å². The highest BCUT2D eigenvalue weighted by molar-refractivity contribution is 5.98. The van der Waals surface area contributed by atoms with Gasteiger partial charge in [0.05, 0.1) is 17.0 Å². The van der Waals surface area contributed by atoms with Crippen molar-refractivity contribution in [2.45, 2.75) is 37.2 Å². The zero-order valence-electron chi connectivity index (χ0n) is 25.4. The number of likely N-dealkylation sites (tertiary alicyclic amines) is 1. The largest absolute Gasteiger partial charge is 0.506 e. The van der Waals surface area contributed by atoms with Crippen molar-refractivity contribution in [2.24, 2.45) is 0 Å². The maximum Gasteiger partial charge on any atom is 0.314 e. The van der Waals surface area contributed by atoms with Crippen LogP contribution in [0.1, 0.15) is 63.6 Å². The van der Waals surface area contributed by atoms with Gasteiger partial charge in [0, 0.05) is 48.8 Å². The van der Waals surface area contributed by atoms with Gasteiger partial charge in [-0.2, -0.15) is 0 Å². The first-order valence-electron chi connectivity index (χ1n) is 15.4. The zero-order valence-corrected chi connectivity index (χ0v) is 25.4. The number of aliphatic carboxylic acids is 1. The van der Waals surface area contributed by atoms with Crippen LogP contribution in [-0.2, 0) is 10.2 Å². The minimum Gasteiger partial charge on any atom is -0.506 e. The molecule has 4 aromatic rings. The smallest absolute Gasteiger partial charge is 0.314 e. The molecule has 0 aliphatic carbocycles. The maximum atomic E-state index is 13.1. The number of carboxylic acids is 1. The first kappa shape index (κ1) is 32.4. The Morgan fingerprint density at radius 1 is 0.870 bits per heavy atom. The van der Waals surface area contributed by atoms with E-state index in [-0.39, 0.29) is 35.2 Å². The number of nitrogens with one attached hydrogen (secondary N) is 3. The van der Waals surface area contributed by atoms with Gasteiger partial charge in [0.2, 0.25) is 5.56 Å². The molecule has 1 aliphatic rings. The van der Waals surface area contributed by atoms with Gasteiger partial charge in [0.1, 0.15) is 5.75 Å². The van der Waals surface area contributed by atoms with Crippen LogP contribution < -0.4 is 16.2 Å². The number of carbonyl (C=O) groups is 3. The molecule has 240 valence electrons. The summed E-state index contributed by atoms with van der Waals surface area (Å²) in [6, 6.07) is 21.6. The second-order valence-electron chi connectivity index (χ2n) is 11.6. The molecule has 1 aliphatic heterocycles. The number of hydrogen-bond donors (Lipinski definition) is 6. The zero-order chi connectivity index (χ0) is 32.7. The quantitative estimate of drug-likeness (QED) is 0.130. The Morgan fingerprint density at radius 3 is 2.24 bits per heavy atom. The van der Waals surface area contributed by atoms with E-state index in [0.29, 0.717) is 67.5 Å². The topological polar surface area (TPSA) is 172 Å². The Bertz CT molecular complexity index is 1750. The number of aromatic hydroxyl groups is 1. The summed E-state index contributed by atoms with van der Waals surface area (Å²) < 4.78 is 0. The van der Waals surface area contributed by atoms with Gasteiger partial charge in [-0.05, 0) is 79.8 Å². The third-order valence-corrected chi connectivity index (χ3v) is 8.70. The van der Waals surface area contributed by atoms with Crippen LogP contribution in [0.4, 0.5) is 0 Å². The number of carbonyl (C=O) groups excluding carboxylic acids is 2. The number of aliphatic hydroxyl groups is 1. The molecule has 1 atom stereocenters. The highest BCUT2D eigenvalue weighted by atomic mass is 16.4. The summed E-state index contributed by atoms with van der Waals surface area (Å²) in [5.41, 5.74) is 1.17. The summed E-state index contributed by atoms with van der Waals surface area (Å²) >= 11 is 0. The fourth-order valence-corrected chi connectivity index (χ4v) is 6.00. The SMILES string of the molecule is O=C(NCCCCNC[C@H](O)c1ccc(O)c2[nH]c(=O)ccc12)c1ccc(C(=O)N2CCC(C(=O)O)(c3ccccc3)CC2)cc1. The van der Waals surface area contributed by atoms with Gasteiger partial charge in [0.25, 0.3) is 11.8 Å². The molecule has 1 aromatic heterocycles. The van der Waals surface area contributed by atoms with Crippen molar-refractivity contribution in [1.82, 2.24) is 20.5 Å². The van der Waals surface area contributed by atoms with E-state index in [2.05, 4.69) is 15.6 Å². The number of aliphatic hydroxyl groups excluding tert-OH is 1. The molecular formula is C35H38N4O7. The van der Waals surface area contributed by atoms with Crippen LogP contribution in [0.3, 0.4) is 0 Å². The van der Waals surface area contributed by atoms with Crippen molar-refractivity contribution in [3.63, 3.8) is 0 Å². The van der Waals surface area contributed by atoms with Crippen LogP contribution in [0.15, 0.2) is 83.7 Å². The molecule has 2 amide bonds. The van der Waals surface area contributed by atoms with E-state index in [1.165, 1.54) is 12.1 Å². The number of H-pyrrole nitrogens is 1. The van der Waals surface area contributed by atoms with E-state index < -0.39 is 17.5 Å². The fourth-order valence-electron chi connectivity index (χ4n) is 6.00. The molecule has 0 spiro atoms. The molecule has 1 fully saturated rings. The molecular weight excluding hydrogens is 588 g/mol. The third-order valence-electron chi connectivity index (χ3n) is 8.70. The Hall–Kier alpha value is -5.00. The highest BCUT2D eigenvalue weighted by Gasteiger charge is 2.43. The van der Waals surface area contributed by atoms with Gasteiger partial charge in [-0.25, -0.2) is 0 Å². The predicted molar refractivity (Wildman–Crippen MR) is 173 cm³/mol. The minimum atomic E-state index is -1.01. The number of unbranched alkanes of at least 4 members (excludes halogenated alkanes) is 1. The number of carboxylic acid groups (broad SMARTS) is 1. The van der Waals surface area contributed by atoms with Gasteiger partial charge in [0.15, 0.2) is 0 Å². The summed E-state index contributed by atoms with van der Waals surface area (Å²) in [4.78, 5) is 53.9. The van der Waals surface area contributed by atoms with Gasteiger partial charge in [-0.1, -0.05) is 36.4 Å². The lowest BCUT2D eigenvalue weighted by atomic mass is 9.73. The van der Waals surface area contributed by atoms with Crippen LogP contribution in [0.2, 0.25) is 0 Å². The number of aromatic amines is 1. The number of rotatable bonds is 12. The number of aromatic nitrogens is 1. The number of nitrogens with zero attached hydrogens (tertiary/aromatic N) is 1. The van der Waals surface area contributed by atoms with Gasteiger partial charge >= 0.3 is 5.97 Å². The van der Waals surface area contributed by atoms with Crippen molar-refractivity contribution >= 4 is 28.7 Å². The van der Waals surface area contributed by atoms with Crippen molar-refractivity contribution in [3.05, 3.63) is 111 Å². The lowest BCUT2D eigenvalue weighted by Crippen LogP contribution is -2.49. The summed E-state index contributed by atoms with van der Waals surface area (Å²) in [6.07, 6.45) is 1.28. The molecule has 0 saturated carbocycles. The average Bonchev–Trinajstić information content (AvgIpc) is 3.08. The highest BCUT2D eigenvalue weighted by Crippen LogP contribution is 2.36. The second kappa shape index (κ2) is 14.4. The van der Waals surface area contributed by atoms with E-state index in [1.807, 2.05) is 30.3 Å². The number of pyridine rings is 1. The standard InChI is InChI=1S/C35H38N4O7/c40-28-14-12-26(27-13-15-30(42)38-31(27)28)29(41)22-36-18-4-5-19-37-32(43)23-8-10-24(11-9-23)33(44)39-20-16-35(17-21-39,34(45)46)25-6-2-1-3-7-25/h1-3,6-15,29,36,40-41H,4-5,16-22H2,(H,37,43)(H,38,42)(H,45,46)/t29-/m0/s1. The normalized spacial score (nSPS) is 14.9. The molecule has 0 radical (unpaired) electrons. The number of benzene rings is 3. The third kappa shape index (κ3) is 7.11. The number of phenols is 1. The Kier molecular flexibility index (Phi) is 10.1. The number of piperidine rings is 1. The summed E-state index contributed by atoms with van der Waals surface area (Å²) in [7, 11) is 0. The summed E-state index contributed by atoms with van der Waals surface area (Å²) in [5, 5.41) is 37.3. The number of amides is 2. The molecule has 3 aromatic carbocycles. The van der Waals surface area contributed by atoms with Crippen molar-refractivity contribution in [1.29, 1.82) is 0 Å². The van der Waals surface area contributed by atoms with E-state index in [0.717, 1.165) is 12.0 Å². The van der Waals surface area contributed by atoms with E-state index in [9.17, 15) is 34.5 Å². The van der Waals surface area contributed by atoms with Crippen LogP contribution >= 0.6 is 0 Å². The van der Waals surface area contributed by atoms with E-state index in [1.54, 1.807) is 41.3 Å². The summed E-state index contributed by atoms with van der Waals surface area (Å²) in [6.45, 7) is 2.01. The molecule has 2 heterocycles. The second-order valence-corrected chi connectivity index (χ2v) is 11.6. The van der Waals surface area contributed by atoms with E-state index >= 15 is 0 Å². The average molecular weight is 627 g/mol. The van der Waals surface area contributed by atoms with Crippen molar-refractivity contribution in [3.8, 4) is 5.75 Å². The first-order chi connectivity index (χ1) is 22.2. The number of hydrogen-bond acceptors (Lipinski definition) is 7. The molecule has 0 bridgehead atoms. The molecule has 5 rings (SSSR count). The summed E-state index contributed by atoms with van der Waals surface area (Å²) in [5.74, 6) is -1.37. The maximum absolute atomic E-state index is 13.1. The predicted octanol–water partition coefficient (Wildman–Crippen LogP) is 3.33. The Balaban J connectivity index is 1.03. The molecule has 46 heavy (non-hydrogen) atoms. The van der Waals surface area contributed by atoms with Gasteiger partial charge < -0.3 is 35.8 Å². The first-order valence-corrected chi connectivity index (χ1v) is 15.4. The molecule has 6 N–H and O–H groups in total. The van der Waals surface area contributed by atoms with Crippen molar-refractivity contribution < 1.29 is 29.7 Å². The lowest BCUT2D eigenvalue weighted by molar-refractivity contribution is -0.145. The van der Waals surface area contributed by atoms with Gasteiger partial charge in [-0.3, -0.25) is 19.2 Å². The van der Waals surface area contributed by atoms with Crippen LogP contribution in [0.25, 0.3) is 10.9 Å². The molecule has 1 saturated heterocycles. The van der Waals surface area contributed by atoms with Crippen LogP contribution in [0, 0.1) is 0 Å². The molecule has 11 nitrogen and oxygen atoms in total. The number of phenolic OH excluding ortho intramolecular Hbond substituents is 1. The lowest BCUT2D eigenvalue weighted by Gasteiger charge is -2.39. The van der Waals surface area contributed by atoms with Gasteiger partial charge in [-0.15, -0.1) is 0 Å².